The predicted octanol–water partition coefficient (Wildman–Crippen LogP) is 2.67. The Morgan fingerprint density at radius 1 is 1.50 bits per heavy atom. The fourth-order valence-electron chi connectivity index (χ4n) is 1.37. The minimum absolute atomic E-state index is 0.553. The van der Waals surface area contributed by atoms with Gasteiger partial charge < -0.3 is 5.32 Å². The first-order valence-corrected chi connectivity index (χ1v) is 5.44. The summed E-state index contributed by atoms with van der Waals surface area (Å²) in [7, 11) is 0. The Balaban J connectivity index is 2.34. The standard InChI is InChI=1S/C11H17ClN2/c1-3-13-9(2)4-6-11-7-5-10(12)8-14-11/h5,7-9,13H,3-4,6H2,1-2H3/t9-/m0/s1. The second kappa shape index (κ2) is 5.99. The third kappa shape index (κ3) is 4.07. The summed E-state index contributed by atoms with van der Waals surface area (Å²) >= 11 is 5.75. The molecule has 2 nitrogen and oxygen atoms in total. The smallest absolute Gasteiger partial charge is 0.0589 e. The lowest BCUT2D eigenvalue weighted by Gasteiger charge is -2.11. The van der Waals surface area contributed by atoms with Crippen molar-refractivity contribution in [2.24, 2.45) is 0 Å². The second-order valence-electron chi connectivity index (χ2n) is 3.47. The topological polar surface area (TPSA) is 24.9 Å². The van der Waals surface area contributed by atoms with Gasteiger partial charge in [-0.2, -0.15) is 0 Å². The highest BCUT2D eigenvalue weighted by molar-refractivity contribution is 6.30. The number of aryl methyl sites for hydroxylation is 1. The maximum Gasteiger partial charge on any atom is 0.0589 e. The molecule has 0 saturated carbocycles. The molecule has 1 aromatic heterocycles. The van der Waals surface area contributed by atoms with Gasteiger partial charge in [-0.15, -0.1) is 0 Å². The van der Waals surface area contributed by atoms with E-state index in [1.54, 1.807) is 6.20 Å². The van der Waals surface area contributed by atoms with E-state index in [4.69, 9.17) is 11.6 Å². The third-order valence-corrected chi connectivity index (χ3v) is 2.40. The summed E-state index contributed by atoms with van der Waals surface area (Å²) in [6.45, 7) is 5.34. The van der Waals surface area contributed by atoms with Gasteiger partial charge in [0.2, 0.25) is 0 Å². The quantitative estimate of drug-likeness (QED) is 0.812. The lowest BCUT2D eigenvalue weighted by molar-refractivity contribution is 0.528. The van der Waals surface area contributed by atoms with E-state index in [9.17, 15) is 0 Å². The van der Waals surface area contributed by atoms with Crippen LogP contribution in [0.25, 0.3) is 0 Å². The molecule has 1 atom stereocenters. The summed E-state index contributed by atoms with van der Waals surface area (Å²) in [5.41, 5.74) is 1.11. The molecule has 0 aliphatic rings. The molecular weight excluding hydrogens is 196 g/mol. The van der Waals surface area contributed by atoms with E-state index in [2.05, 4.69) is 24.1 Å². The molecule has 0 aromatic carbocycles. The largest absolute Gasteiger partial charge is 0.315 e. The Labute approximate surface area is 90.7 Å². The van der Waals surface area contributed by atoms with Gasteiger partial charge in [-0.3, -0.25) is 4.98 Å². The summed E-state index contributed by atoms with van der Waals surface area (Å²) in [6.07, 6.45) is 3.82. The molecule has 0 spiro atoms. The van der Waals surface area contributed by atoms with Crippen molar-refractivity contribution in [3.05, 3.63) is 29.0 Å². The Morgan fingerprint density at radius 2 is 2.29 bits per heavy atom. The van der Waals surface area contributed by atoms with Crippen LogP contribution in [0.5, 0.6) is 0 Å². The van der Waals surface area contributed by atoms with E-state index >= 15 is 0 Å². The zero-order chi connectivity index (χ0) is 10.4. The van der Waals surface area contributed by atoms with Crippen LogP contribution in [-0.4, -0.2) is 17.6 Å². The van der Waals surface area contributed by atoms with Gasteiger partial charge in [0.15, 0.2) is 0 Å². The van der Waals surface area contributed by atoms with Crippen LogP contribution in [0.3, 0.4) is 0 Å². The van der Waals surface area contributed by atoms with Crippen LogP contribution >= 0.6 is 11.6 Å². The molecule has 0 aliphatic heterocycles. The zero-order valence-corrected chi connectivity index (χ0v) is 9.51. The summed E-state index contributed by atoms with van der Waals surface area (Å²) in [6, 6.07) is 4.43. The summed E-state index contributed by atoms with van der Waals surface area (Å²) in [4.78, 5) is 4.25. The maximum atomic E-state index is 5.75. The van der Waals surface area contributed by atoms with Crippen molar-refractivity contribution in [2.75, 3.05) is 6.54 Å². The molecule has 0 aliphatic carbocycles. The number of hydrogen-bond donors (Lipinski definition) is 1. The Morgan fingerprint density at radius 3 is 2.86 bits per heavy atom. The van der Waals surface area contributed by atoms with E-state index in [1.165, 1.54) is 0 Å². The van der Waals surface area contributed by atoms with Crippen LogP contribution in [0.2, 0.25) is 5.02 Å². The molecule has 1 heterocycles. The van der Waals surface area contributed by atoms with Crippen LogP contribution in [-0.2, 0) is 6.42 Å². The highest BCUT2D eigenvalue weighted by Crippen LogP contribution is 2.08. The first-order chi connectivity index (χ1) is 6.72. The van der Waals surface area contributed by atoms with E-state index in [0.29, 0.717) is 11.1 Å². The van der Waals surface area contributed by atoms with Crippen LogP contribution < -0.4 is 5.32 Å². The van der Waals surface area contributed by atoms with Crippen molar-refractivity contribution in [3.8, 4) is 0 Å². The second-order valence-corrected chi connectivity index (χ2v) is 3.90. The van der Waals surface area contributed by atoms with Crippen molar-refractivity contribution in [3.63, 3.8) is 0 Å². The molecular formula is C11H17ClN2. The van der Waals surface area contributed by atoms with Crippen LogP contribution in [0.15, 0.2) is 18.3 Å². The minimum atomic E-state index is 0.553. The van der Waals surface area contributed by atoms with Crippen LogP contribution in [0.4, 0.5) is 0 Å². The average molecular weight is 213 g/mol. The Bertz CT molecular complexity index is 258. The van der Waals surface area contributed by atoms with E-state index in [-0.39, 0.29) is 0 Å². The van der Waals surface area contributed by atoms with Gasteiger partial charge in [0.25, 0.3) is 0 Å². The number of pyridine rings is 1. The first-order valence-electron chi connectivity index (χ1n) is 5.06. The Hall–Kier alpha value is -0.600. The van der Waals surface area contributed by atoms with Crippen molar-refractivity contribution in [1.82, 2.24) is 10.3 Å². The van der Waals surface area contributed by atoms with Gasteiger partial charge in [-0.25, -0.2) is 0 Å². The van der Waals surface area contributed by atoms with Gasteiger partial charge in [0, 0.05) is 17.9 Å². The van der Waals surface area contributed by atoms with Gasteiger partial charge in [0.05, 0.1) is 5.02 Å². The van der Waals surface area contributed by atoms with Crippen LogP contribution in [0.1, 0.15) is 26.0 Å². The van der Waals surface area contributed by atoms with Gasteiger partial charge >= 0.3 is 0 Å². The van der Waals surface area contributed by atoms with Gasteiger partial charge in [-0.1, -0.05) is 18.5 Å². The molecule has 0 bridgehead atoms. The van der Waals surface area contributed by atoms with E-state index in [1.807, 2.05) is 12.1 Å². The maximum absolute atomic E-state index is 5.75. The van der Waals surface area contributed by atoms with Crippen molar-refractivity contribution in [1.29, 1.82) is 0 Å². The summed E-state index contributed by atoms with van der Waals surface area (Å²) in [5, 5.41) is 4.08. The van der Waals surface area contributed by atoms with Crippen LogP contribution in [0, 0.1) is 0 Å². The fraction of sp³-hybridized carbons (Fsp3) is 0.545. The molecule has 1 N–H and O–H groups in total. The van der Waals surface area contributed by atoms with Crippen molar-refractivity contribution in [2.45, 2.75) is 32.7 Å². The molecule has 0 unspecified atom stereocenters. The Kier molecular flexibility index (Phi) is 4.91. The lowest BCUT2D eigenvalue weighted by Crippen LogP contribution is -2.25. The fourth-order valence-corrected chi connectivity index (χ4v) is 1.48. The molecule has 14 heavy (non-hydrogen) atoms. The van der Waals surface area contributed by atoms with Crippen molar-refractivity contribution >= 4 is 11.6 Å². The SMILES string of the molecule is CCN[C@@H](C)CCc1ccc(Cl)cn1. The molecule has 0 amide bonds. The number of halogens is 1. The molecule has 78 valence electrons. The minimum Gasteiger partial charge on any atom is -0.315 e. The number of rotatable bonds is 5. The summed E-state index contributed by atoms with van der Waals surface area (Å²) < 4.78 is 0. The highest BCUT2D eigenvalue weighted by atomic mass is 35.5. The first kappa shape index (κ1) is 11.5. The number of hydrogen-bond acceptors (Lipinski definition) is 2. The average Bonchev–Trinajstić information content (AvgIpc) is 2.17. The third-order valence-electron chi connectivity index (χ3n) is 2.17. The molecule has 1 rings (SSSR count). The van der Waals surface area contributed by atoms with Gasteiger partial charge in [-0.05, 0) is 38.4 Å². The number of nitrogens with zero attached hydrogens (tertiary/aromatic N) is 1. The molecule has 0 fully saturated rings. The normalized spacial score (nSPS) is 12.8. The number of aromatic nitrogens is 1. The lowest BCUT2D eigenvalue weighted by atomic mass is 10.1. The monoisotopic (exact) mass is 212 g/mol. The summed E-state index contributed by atoms with van der Waals surface area (Å²) in [5.74, 6) is 0. The molecule has 1 aromatic rings. The predicted molar refractivity (Wildman–Crippen MR) is 60.7 cm³/mol. The zero-order valence-electron chi connectivity index (χ0n) is 8.76. The molecule has 3 heteroatoms. The van der Waals surface area contributed by atoms with E-state index < -0.39 is 0 Å². The van der Waals surface area contributed by atoms with E-state index in [0.717, 1.165) is 25.1 Å². The number of nitrogens with one attached hydrogen (secondary N) is 1. The van der Waals surface area contributed by atoms with Crippen molar-refractivity contribution < 1.29 is 0 Å². The molecule has 0 saturated heterocycles. The highest BCUT2D eigenvalue weighted by Gasteiger charge is 2.01. The molecule has 0 radical (unpaired) electrons. The van der Waals surface area contributed by atoms with Gasteiger partial charge in [0.1, 0.15) is 0 Å².